The fourth-order valence-corrected chi connectivity index (χ4v) is 3.70. The Hall–Kier alpha value is -3.80. The molecule has 0 aromatic heterocycles. The van der Waals surface area contributed by atoms with Crippen molar-refractivity contribution in [3.8, 4) is 6.07 Å². The Morgan fingerprint density at radius 3 is 2.52 bits per heavy atom. The van der Waals surface area contributed by atoms with Crippen molar-refractivity contribution in [1.29, 1.82) is 5.26 Å². The molecule has 0 bridgehead atoms. The maximum atomic E-state index is 13.2. The van der Waals surface area contributed by atoms with Crippen molar-refractivity contribution < 1.29 is 27.5 Å². The van der Waals surface area contributed by atoms with E-state index in [1.165, 1.54) is 19.1 Å². The van der Waals surface area contributed by atoms with Crippen LogP contribution in [-0.4, -0.2) is 18.6 Å². The molecule has 1 unspecified atom stereocenters. The summed E-state index contributed by atoms with van der Waals surface area (Å²) in [6.07, 6.45) is -2.65. The zero-order valence-corrected chi connectivity index (χ0v) is 17.6. The number of ether oxygens (including phenoxy) is 1. The molecular weight excluding hydrogens is 435 g/mol. The Morgan fingerprint density at radius 1 is 1.21 bits per heavy atom. The number of hydrogen-bond donors (Lipinski definition) is 1. The molecule has 1 saturated carbocycles. The molecule has 1 aliphatic carbocycles. The number of alkyl halides is 3. The average molecular weight is 455 g/mol. The van der Waals surface area contributed by atoms with Crippen molar-refractivity contribution in [2.45, 2.75) is 32.0 Å². The summed E-state index contributed by atoms with van der Waals surface area (Å²) in [7, 11) is 0. The van der Waals surface area contributed by atoms with Crippen LogP contribution in [0.25, 0.3) is 0 Å². The number of benzene rings is 2. The molecule has 6 nitrogen and oxygen atoms in total. The van der Waals surface area contributed by atoms with Crippen molar-refractivity contribution in [2.24, 2.45) is 5.92 Å². The second-order valence-corrected chi connectivity index (χ2v) is 8.04. The van der Waals surface area contributed by atoms with Gasteiger partial charge in [-0.1, -0.05) is 18.2 Å². The first-order valence-electron chi connectivity index (χ1n) is 10.3. The maximum absolute atomic E-state index is 13.2. The molecule has 2 amide bonds. The first-order valence-corrected chi connectivity index (χ1v) is 10.3. The molecule has 1 atom stereocenters. The van der Waals surface area contributed by atoms with E-state index in [0.29, 0.717) is 17.0 Å². The number of nitrogens with zero attached hydrogens (tertiary/aromatic N) is 2. The lowest BCUT2D eigenvalue weighted by atomic mass is 9.94. The van der Waals surface area contributed by atoms with Crippen LogP contribution in [0.1, 0.15) is 42.5 Å². The van der Waals surface area contributed by atoms with Crippen molar-refractivity contribution >= 4 is 17.7 Å². The fourth-order valence-electron chi connectivity index (χ4n) is 3.70. The summed E-state index contributed by atoms with van der Waals surface area (Å²) in [5.74, 6) is -0.341. The van der Waals surface area contributed by atoms with Crippen molar-refractivity contribution in [1.82, 2.24) is 5.32 Å². The lowest BCUT2D eigenvalue weighted by Crippen LogP contribution is -2.48. The second kappa shape index (κ2) is 8.62. The number of halogens is 3. The summed E-state index contributed by atoms with van der Waals surface area (Å²) >= 11 is 0. The zero-order valence-electron chi connectivity index (χ0n) is 17.6. The Bertz CT molecular complexity index is 1160. The van der Waals surface area contributed by atoms with Gasteiger partial charge in [-0.2, -0.15) is 18.4 Å². The Labute approximate surface area is 188 Å². The molecule has 0 radical (unpaired) electrons. The normalized spacial score (nSPS) is 18.6. The van der Waals surface area contributed by atoms with Gasteiger partial charge in [0.15, 0.2) is 0 Å². The standard InChI is InChI=1S/C24H20F3N3O3/c1-14-20(22(31)33-13-16-5-6-16)21(17-9-7-15(12-28)8-10-17)29-23(32)30(14)19-4-2-3-18(11-19)24(25,26)27/h2-4,7-11,16,21H,5-6,13H2,1H3,(H,29,32). The van der Waals surface area contributed by atoms with Gasteiger partial charge in [0.25, 0.3) is 0 Å². The summed E-state index contributed by atoms with van der Waals surface area (Å²) in [6.45, 7) is 1.75. The van der Waals surface area contributed by atoms with Crippen LogP contribution >= 0.6 is 0 Å². The van der Waals surface area contributed by atoms with E-state index in [1.807, 2.05) is 6.07 Å². The fraction of sp³-hybridized carbons (Fsp3) is 0.292. The largest absolute Gasteiger partial charge is 0.462 e. The number of carbonyl (C=O) groups is 2. The molecular formula is C24H20F3N3O3. The van der Waals surface area contributed by atoms with E-state index in [4.69, 9.17) is 10.00 Å². The Balaban J connectivity index is 1.77. The van der Waals surface area contributed by atoms with E-state index in [1.54, 1.807) is 24.3 Å². The molecule has 0 spiro atoms. The van der Waals surface area contributed by atoms with Gasteiger partial charge in [0.05, 0.1) is 41.1 Å². The van der Waals surface area contributed by atoms with E-state index in [2.05, 4.69) is 5.32 Å². The molecule has 0 saturated heterocycles. The minimum absolute atomic E-state index is 0.0226. The number of amides is 2. The number of hydrogen-bond acceptors (Lipinski definition) is 4. The van der Waals surface area contributed by atoms with Crippen molar-refractivity contribution in [3.63, 3.8) is 0 Å². The maximum Gasteiger partial charge on any atom is 0.416 e. The molecule has 2 aromatic rings. The van der Waals surface area contributed by atoms with Crippen LogP contribution in [0, 0.1) is 17.2 Å². The highest BCUT2D eigenvalue weighted by molar-refractivity contribution is 6.03. The lowest BCUT2D eigenvalue weighted by Gasteiger charge is -2.35. The highest BCUT2D eigenvalue weighted by Gasteiger charge is 2.39. The SMILES string of the molecule is CC1=C(C(=O)OCC2CC2)C(c2ccc(C#N)cc2)NC(=O)N1c1cccc(C(F)(F)F)c1. The number of anilines is 1. The highest BCUT2D eigenvalue weighted by Crippen LogP contribution is 2.37. The van der Waals surface area contributed by atoms with Gasteiger partial charge in [0, 0.05) is 5.70 Å². The van der Waals surface area contributed by atoms with Crippen molar-refractivity contribution in [3.05, 3.63) is 76.5 Å². The molecule has 170 valence electrons. The van der Waals surface area contributed by atoms with Crippen LogP contribution < -0.4 is 10.2 Å². The molecule has 4 rings (SSSR count). The van der Waals surface area contributed by atoms with E-state index < -0.39 is 29.8 Å². The number of nitriles is 1. The van der Waals surface area contributed by atoms with E-state index >= 15 is 0 Å². The number of nitrogens with one attached hydrogen (secondary N) is 1. The van der Waals surface area contributed by atoms with E-state index in [0.717, 1.165) is 29.9 Å². The van der Waals surface area contributed by atoms with Gasteiger partial charge >= 0.3 is 18.2 Å². The summed E-state index contributed by atoms with van der Waals surface area (Å²) in [5.41, 5.74) is 0.317. The minimum Gasteiger partial charge on any atom is -0.462 e. The average Bonchev–Trinajstić information content (AvgIpc) is 3.61. The quantitative estimate of drug-likeness (QED) is 0.638. The second-order valence-electron chi connectivity index (χ2n) is 8.04. The van der Waals surface area contributed by atoms with Crippen LogP contribution in [0.5, 0.6) is 0 Å². The van der Waals surface area contributed by atoms with Gasteiger partial charge in [0.1, 0.15) is 0 Å². The van der Waals surface area contributed by atoms with E-state index in [9.17, 15) is 22.8 Å². The summed E-state index contributed by atoms with van der Waals surface area (Å²) in [4.78, 5) is 27.1. The van der Waals surface area contributed by atoms with Gasteiger partial charge in [0.2, 0.25) is 0 Å². The van der Waals surface area contributed by atoms with Gasteiger partial charge in [-0.05, 0) is 61.6 Å². The molecule has 1 aliphatic heterocycles. The molecule has 1 N–H and O–H groups in total. The third-order valence-corrected chi connectivity index (χ3v) is 5.66. The third kappa shape index (κ3) is 4.70. The van der Waals surface area contributed by atoms with Gasteiger partial charge < -0.3 is 10.1 Å². The number of rotatable bonds is 5. The monoisotopic (exact) mass is 455 g/mol. The van der Waals surface area contributed by atoms with Crippen LogP contribution in [0.3, 0.4) is 0 Å². The van der Waals surface area contributed by atoms with Gasteiger partial charge in [-0.3, -0.25) is 4.90 Å². The van der Waals surface area contributed by atoms with Crippen LogP contribution in [0.4, 0.5) is 23.7 Å². The number of allylic oxidation sites excluding steroid dienone is 1. The Morgan fingerprint density at radius 2 is 1.91 bits per heavy atom. The van der Waals surface area contributed by atoms with Crippen LogP contribution in [0.15, 0.2) is 59.8 Å². The predicted octanol–water partition coefficient (Wildman–Crippen LogP) is 5.08. The minimum atomic E-state index is -4.59. The first-order chi connectivity index (χ1) is 15.7. The third-order valence-electron chi connectivity index (χ3n) is 5.66. The van der Waals surface area contributed by atoms with Crippen LogP contribution in [0.2, 0.25) is 0 Å². The van der Waals surface area contributed by atoms with Crippen LogP contribution in [-0.2, 0) is 15.7 Å². The number of carbonyl (C=O) groups excluding carboxylic acids is 2. The smallest absolute Gasteiger partial charge is 0.416 e. The molecule has 33 heavy (non-hydrogen) atoms. The lowest BCUT2D eigenvalue weighted by molar-refractivity contribution is -0.140. The molecule has 2 aliphatic rings. The zero-order chi connectivity index (χ0) is 23.8. The number of esters is 1. The molecule has 9 heteroatoms. The summed E-state index contributed by atoms with van der Waals surface area (Å²) < 4.78 is 45.2. The predicted molar refractivity (Wildman–Crippen MR) is 113 cm³/mol. The van der Waals surface area contributed by atoms with Gasteiger partial charge in [-0.25, -0.2) is 9.59 Å². The number of urea groups is 1. The summed E-state index contributed by atoms with van der Waals surface area (Å²) in [6, 6.07) is 11.1. The topological polar surface area (TPSA) is 82.4 Å². The van der Waals surface area contributed by atoms with E-state index in [-0.39, 0.29) is 23.6 Å². The Kier molecular flexibility index (Phi) is 5.85. The highest BCUT2D eigenvalue weighted by atomic mass is 19.4. The molecule has 1 fully saturated rings. The van der Waals surface area contributed by atoms with Gasteiger partial charge in [-0.15, -0.1) is 0 Å². The summed E-state index contributed by atoms with van der Waals surface area (Å²) in [5, 5.41) is 11.7. The molecule has 2 aromatic carbocycles. The first kappa shape index (κ1) is 22.4. The van der Waals surface area contributed by atoms with Crippen molar-refractivity contribution in [2.75, 3.05) is 11.5 Å². The molecule has 1 heterocycles.